The van der Waals surface area contributed by atoms with Crippen LogP contribution in [0.15, 0.2) is 67.0 Å². The average molecular weight is 454 g/mol. The highest BCUT2D eigenvalue weighted by molar-refractivity contribution is 6.15. The molecular formula is C25H22N6O3. The number of nitrogens with one attached hydrogen (secondary N) is 2. The number of nitrogens with zero attached hydrogens (tertiary/aromatic N) is 4. The number of hydrogen-bond acceptors (Lipinski definition) is 5. The van der Waals surface area contributed by atoms with Gasteiger partial charge in [-0.25, -0.2) is 9.67 Å². The van der Waals surface area contributed by atoms with E-state index in [2.05, 4.69) is 20.7 Å². The fraction of sp³-hybridized carbons (Fsp3) is 0.160. The number of anilines is 3. The number of para-hydroxylation sites is 2. The molecule has 0 spiro atoms. The number of rotatable bonds is 4. The van der Waals surface area contributed by atoms with Gasteiger partial charge in [-0.15, -0.1) is 0 Å². The Morgan fingerprint density at radius 3 is 2.56 bits per heavy atom. The minimum Gasteiger partial charge on any atom is -0.323 e. The fourth-order valence-corrected chi connectivity index (χ4v) is 3.91. The van der Waals surface area contributed by atoms with E-state index in [9.17, 15) is 14.4 Å². The van der Waals surface area contributed by atoms with E-state index in [4.69, 9.17) is 0 Å². The van der Waals surface area contributed by atoms with Crippen LogP contribution < -0.4 is 15.5 Å². The van der Waals surface area contributed by atoms with Crippen molar-refractivity contribution < 1.29 is 14.4 Å². The summed E-state index contributed by atoms with van der Waals surface area (Å²) in [5, 5.41) is 10.7. The van der Waals surface area contributed by atoms with E-state index < -0.39 is 0 Å². The van der Waals surface area contributed by atoms with Crippen LogP contribution >= 0.6 is 0 Å². The molecule has 1 aliphatic rings. The molecule has 0 aliphatic carbocycles. The van der Waals surface area contributed by atoms with E-state index in [1.54, 1.807) is 59.4 Å². The van der Waals surface area contributed by atoms with Gasteiger partial charge in [-0.1, -0.05) is 12.1 Å². The Hall–Kier alpha value is -4.53. The summed E-state index contributed by atoms with van der Waals surface area (Å²) in [5.41, 5.74) is 3.32. The summed E-state index contributed by atoms with van der Waals surface area (Å²) in [4.78, 5) is 43.7. The number of benzene rings is 2. The molecule has 9 nitrogen and oxygen atoms in total. The van der Waals surface area contributed by atoms with Crippen LogP contribution in [-0.4, -0.2) is 39.0 Å². The summed E-state index contributed by atoms with van der Waals surface area (Å²) < 4.78 is 1.80. The van der Waals surface area contributed by atoms with Crippen LogP contribution in [0.3, 0.4) is 0 Å². The van der Waals surface area contributed by atoms with Crippen molar-refractivity contribution in [3.63, 3.8) is 0 Å². The number of aromatic nitrogens is 3. The molecule has 2 aromatic heterocycles. The zero-order valence-electron chi connectivity index (χ0n) is 18.6. The second-order valence-corrected chi connectivity index (χ2v) is 8.31. The number of amides is 3. The molecule has 4 aromatic rings. The molecule has 3 amide bonds. The van der Waals surface area contributed by atoms with Gasteiger partial charge in [0.05, 0.1) is 23.1 Å². The van der Waals surface area contributed by atoms with Crippen molar-refractivity contribution in [2.45, 2.75) is 19.9 Å². The Kier molecular flexibility index (Phi) is 5.29. The summed E-state index contributed by atoms with van der Waals surface area (Å²) in [5.74, 6) is -0.857. The lowest BCUT2D eigenvalue weighted by Crippen LogP contribution is -2.42. The van der Waals surface area contributed by atoms with Crippen molar-refractivity contribution >= 4 is 45.8 Å². The lowest BCUT2D eigenvalue weighted by atomic mass is 10.1. The van der Waals surface area contributed by atoms with Crippen LogP contribution in [0.4, 0.5) is 17.1 Å². The van der Waals surface area contributed by atoms with E-state index in [1.807, 2.05) is 19.9 Å². The molecule has 2 N–H and O–H groups in total. The number of carbonyl (C=O) groups is 3. The van der Waals surface area contributed by atoms with Crippen LogP contribution in [0.25, 0.3) is 11.0 Å². The molecule has 1 aliphatic heterocycles. The van der Waals surface area contributed by atoms with Crippen molar-refractivity contribution in [2.75, 3.05) is 22.1 Å². The van der Waals surface area contributed by atoms with Crippen molar-refractivity contribution in [3.05, 3.63) is 78.1 Å². The SMILES string of the molecule is CC(C)n1ncc2cc(C(=O)Nc3ccc(C(=O)N4CC(=O)Nc5ccccc54)cc3)cnc21. The normalized spacial score (nSPS) is 13.0. The first-order valence-corrected chi connectivity index (χ1v) is 10.9. The molecule has 0 unspecified atom stereocenters. The van der Waals surface area contributed by atoms with Crippen LogP contribution in [-0.2, 0) is 4.79 Å². The molecule has 5 rings (SSSR count). The molecular weight excluding hydrogens is 432 g/mol. The van der Waals surface area contributed by atoms with Gasteiger partial charge < -0.3 is 10.6 Å². The third-order valence-electron chi connectivity index (χ3n) is 5.59. The monoisotopic (exact) mass is 454 g/mol. The van der Waals surface area contributed by atoms with Gasteiger partial charge in [0.15, 0.2) is 5.65 Å². The Balaban J connectivity index is 1.32. The average Bonchev–Trinajstić information content (AvgIpc) is 3.27. The van der Waals surface area contributed by atoms with Gasteiger partial charge >= 0.3 is 0 Å². The van der Waals surface area contributed by atoms with Gasteiger partial charge in [0, 0.05) is 28.9 Å². The smallest absolute Gasteiger partial charge is 0.258 e. The molecule has 170 valence electrons. The Bertz CT molecular complexity index is 1420. The molecule has 0 radical (unpaired) electrons. The highest BCUT2D eigenvalue weighted by atomic mass is 16.2. The topological polar surface area (TPSA) is 109 Å². The van der Waals surface area contributed by atoms with Gasteiger partial charge in [0.25, 0.3) is 11.8 Å². The van der Waals surface area contributed by atoms with E-state index >= 15 is 0 Å². The lowest BCUT2D eigenvalue weighted by Gasteiger charge is -2.29. The van der Waals surface area contributed by atoms with Crippen LogP contribution in [0.2, 0.25) is 0 Å². The Morgan fingerprint density at radius 1 is 1.03 bits per heavy atom. The molecule has 0 bridgehead atoms. The van der Waals surface area contributed by atoms with E-state index in [0.29, 0.717) is 28.2 Å². The number of carbonyl (C=O) groups excluding carboxylic acids is 3. The van der Waals surface area contributed by atoms with Gasteiger partial charge in [0.2, 0.25) is 5.91 Å². The molecule has 0 atom stereocenters. The highest BCUT2D eigenvalue weighted by Crippen LogP contribution is 2.30. The Labute approximate surface area is 195 Å². The maximum Gasteiger partial charge on any atom is 0.258 e. The quantitative estimate of drug-likeness (QED) is 0.487. The van der Waals surface area contributed by atoms with Crippen LogP contribution in [0.5, 0.6) is 0 Å². The second kappa shape index (κ2) is 8.43. The molecule has 9 heteroatoms. The minimum absolute atomic E-state index is 0.0583. The molecule has 3 heterocycles. The first-order valence-electron chi connectivity index (χ1n) is 10.9. The fourth-order valence-electron chi connectivity index (χ4n) is 3.91. The van der Waals surface area contributed by atoms with Gasteiger partial charge in [-0.05, 0) is 56.3 Å². The minimum atomic E-state index is -0.313. The number of pyridine rings is 1. The second-order valence-electron chi connectivity index (χ2n) is 8.31. The first-order chi connectivity index (χ1) is 16.4. The van der Waals surface area contributed by atoms with Gasteiger partial charge in [-0.2, -0.15) is 5.10 Å². The molecule has 34 heavy (non-hydrogen) atoms. The van der Waals surface area contributed by atoms with Gasteiger partial charge in [0.1, 0.15) is 6.54 Å². The number of hydrogen-bond donors (Lipinski definition) is 2. The van der Waals surface area contributed by atoms with E-state index in [0.717, 1.165) is 11.0 Å². The van der Waals surface area contributed by atoms with Crippen molar-refractivity contribution in [1.82, 2.24) is 14.8 Å². The predicted octanol–water partition coefficient (Wildman–Crippen LogP) is 3.86. The van der Waals surface area contributed by atoms with Crippen molar-refractivity contribution in [1.29, 1.82) is 0 Å². The predicted molar refractivity (Wildman–Crippen MR) is 129 cm³/mol. The standard InChI is InChI=1S/C25H22N6O3/c1-15(2)31-23-17(13-27-31)11-18(12-26-23)24(33)28-19-9-7-16(8-10-19)25(34)30-14-22(32)29-20-5-3-4-6-21(20)30/h3-13,15H,14H2,1-2H3,(H,28,33)(H,29,32). The van der Waals surface area contributed by atoms with E-state index in [-0.39, 0.29) is 30.3 Å². The lowest BCUT2D eigenvalue weighted by molar-refractivity contribution is -0.115. The summed E-state index contributed by atoms with van der Waals surface area (Å²) in [6.07, 6.45) is 3.22. The third kappa shape index (κ3) is 3.88. The maximum atomic E-state index is 13.1. The van der Waals surface area contributed by atoms with Crippen molar-refractivity contribution in [2.24, 2.45) is 0 Å². The summed E-state index contributed by atoms with van der Waals surface area (Å²) >= 11 is 0. The van der Waals surface area contributed by atoms with Crippen LogP contribution in [0, 0.1) is 0 Å². The van der Waals surface area contributed by atoms with Crippen molar-refractivity contribution in [3.8, 4) is 0 Å². The van der Waals surface area contributed by atoms with E-state index in [1.165, 1.54) is 11.1 Å². The van der Waals surface area contributed by atoms with Crippen LogP contribution in [0.1, 0.15) is 40.6 Å². The summed E-state index contributed by atoms with van der Waals surface area (Å²) in [6.45, 7) is 3.97. The largest absolute Gasteiger partial charge is 0.323 e. The highest BCUT2D eigenvalue weighted by Gasteiger charge is 2.27. The van der Waals surface area contributed by atoms with Gasteiger partial charge in [-0.3, -0.25) is 19.3 Å². The Morgan fingerprint density at radius 2 is 1.79 bits per heavy atom. The zero-order valence-corrected chi connectivity index (χ0v) is 18.6. The summed E-state index contributed by atoms with van der Waals surface area (Å²) in [6, 6.07) is 15.6. The molecule has 0 saturated carbocycles. The third-order valence-corrected chi connectivity index (χ3v) is 5.59. The molecule has 0 saturated heterocycles. The molecule has 2 aromatic carbocycles. The zero-order chi connectivity index (χ0) is 23.8. The first kappa shape index (κ1) is 21.3. The molecule has 0 fully saturated rings. The number of fused-ring (bicyclic) bond motifs is 2. The maximum absolute atomic E-state index is 13.1. The summed E-state index contributed by atoms with van der Waals surface area (Å²) in [7, 11) is 0.